The summed E-state index contributed by atoms with van der Waals surface area (Å²) in [5, 5.41) is 0. The molecule has 5 heteroatoms. The molecule has 0 amide bonds. The molecule has 1 aromatic carbocycles. The fourth-order valence-corrected chi connectivity index (χ4v) is 1.96. The number of hydrogen-bond donors (Lipinski definition) is 0. The molecule has 0 fully saturated rings. The Morgan fingerprint density at radius 2 is 1.89 bits per heavy atom. The number of ether oxygens (including phenoxy) is 1. The summed E-state index contributed by atoms with van der Waals surface area (Å²) in [4.78, 5) is 10.5. The summed E-state index contributed by atoms with van der Waals surface area (Å²) >= 11 is 3.33. The highest BCUT2D eigenvalue weighted by Crippen LogP contribution is 2.21. The van der Waals surface area contributed by atoms with E-state index in [4.69, 9.17) is 4.74 Å². The van der Waals surface area contributed by atoms with Gasteiger partial charge in [0.2, 0.25) is 5.95 Å². The van der Waals surface area contributed by atoms with E-state index in [1.54, 1.807) is 12.4 Å². The van der Waals surface area contributed by atoms with Gasteiger partial charge in [0.1, 0.15) is 5.75 Å². The van der Waals surface area contributed by atoms with E-state index < -0.39 is 0 Å². The molecule has 0 spiro atoms. The third-order valence-electron chi connectivity index (χ3n) is 2.63. The van der Waals surface area contributed by atoms with Crippen molar-refractivity contribution in [2.24, 2.45) is 0 Å². The third-order valence-corrected chi connectivity index (χ3v) is 3.04. The molecule has 0 saturated heterocycles. The van der Waals surface area contributed by atoms with Crippen molar-refractivity contribution in [2.45, 2.75) is 13.5 Å². The van der Waals surface area contributed by atoms with E-state index >= 15 is 0 Å². The first-order valence-corrected chi connectivity index (χ1v) is 6.89. The van der Waals surface area contributed by atoms with Gasteiger partial charge in [0.25, 0.3) is 0 Å². The average molecular weight is 322 g/mol. The molecule has 0 aliphatic rings. The van der Waals surface area contributed by atoms with Gasteiger partial charge in [-0.2, -0.15) is 0 Å². The van der Waals surface area contributed by atoms with Crippen LogP contribution in [-0.2, 0) is 6.54 Å². The van der Waals surface area contributed by atoms with Gasteiger partial charge < -0.3 is 9.64 Å². The molecular formula is C14H16BrN3O. The number of para-hydroxylation sites is 1. The molecule has 2 rings (SSSR count). The Bertz CT molecular complexity index is 530. The molecule has 1 heterocycles. The normalized spacial score (nSPS) is 10.3. The highest BCUT2D eigenvalue weighted by Gasteiger charge is 2.08. The topological polar surface area (TPSA) is 38.2 Å². The molecule has 0 N–H and O–H groups in total. The van der Waals surface area contributed by atoms with Crippen LogP contribution >= 0.6 is 15.9 Å². The zero-order valence-corrected chi connectivity index (χ0v) is 12.6. The van der Waals surface area contributed by atoms with Crippen LogP contribution in [0.3, 0.4) is 0 Å². The van der Waals surface area contributed by atoms with Gasteiger partial charge in [-0.3, -0.25) is 0 Å². The first-order valence-electron chi connectivity index (χ1n) is 6.10. The summed E-state index contributed by atoms with van der Waals surface area (Å²) in [6, 6.07) is 8.02. The Hall–Kier alpha value is -1.62. The lowest BCUT2D eigenvalue weighted by Gasteiger charge is -2.18. The van der Waals surface area contributed by atoms with E-state index in [1.807, 2.05) is 37.1 Å². The molecule has 0 bridgehead atoms. The van der Waals surface area contributed by atoms with Crippen LogP contribution in [0.4, 0.5) is 5.95 Å². The standard InChI is InChI=1S/C14H16BrN3O/c1-3-19-13-7-5-4-6-11(13)10-18(2)14-16-8-12(15)9-17-14/h4-9H,3,10H2,1-2H3. The molecule has 0 atom stereocenters. The van der Waals surface area contributed by atoms with Gasteiger partial charge in [-0.05, 0) is 28.9 Å². The molecule has 0 unspecified atom stereocenters. The van der Waals surface area contributed by atoms with Crippen molar-refractivity contribution < 1.29 is 4.74 Å². The summed E-state index contributed by atoms with van der Waals surface area (Å²) in [5.74, 6) is 1.60. The minimum atomic E-state index is 0.662. The largest absolute Gasteiger partial charge is 0.494 e. The average Bonchev–Trinajstić information content (AvgIpc) is 2.42. The van der Waals surface area contributed by atoms with Crippen molar-refractivity contribution in [1.82, 2.24) is 9.97 Å². The summed E-state index contributed by atoms with van der Waals surface area (Å²) in [7, 11) is 1.96. The van der Waals surface area contributed by atoms with Crippen LogP contribution < -0.4 is 9.64 Å². The highest BCUT2D eigenvalue weighted by molar-refractivity contribution is 9.10. The van der Waals surface area contributed by atoms with Gasteiger partial charge in [-0.1, -0.05) is 18.2 Å². The summed E-state index contributed by atoms with van der Waals surface area (Å²) in [6.07, 6.45) is 3.49. The fraction of sp³-hybridized carbons (Fsp3) is 0.286. The summed E-state index contributed by atoms with van der Waals surface area (Å²) in [5.41, 5.74) is 1.12. The number of rotatable bonds is 5. The summed E-state index contributed by atoms with van der Waals surface area (Å²) < 4.78 is 6.49. The minimum Gasteiger partial charge on any atom is -0.494 e. The van der Waals surface area contributed by atoms with Crippen LogP contribution in [0.1, 0.15) is 12.5 Å². The van der Waals surface area contributed by atoms with Gasteiger partial charge in [-0.15, -0.1) is 0 Å². The maximum Gasteiger partial charge on any atom is 0.225 e. The Morgan fingerprint density at radius 1 is 1.21 bits per heavy atom. The van der Waals surface area contributed by atoms with E-state index in [0.29, 0.717) is 19.1 Å². The van der Waals surface area contributed by atoms with Gasteiger partial charge in [0.15, 0.2) is 0 Å². The number of aromatic nitrogens is 2. The van der Waals surface area contributed by atoms with E-state index in [0.717, 1.165) is 15.8 Å². The number of benzene rings is 1. The third kappa shape index (κ3) is 3.67. The molecule has 19 heavy (non-hydrogen) atoms. The molecule has 2 aromatic rings. The van der Waals surface area contributed by atoms with E-state index in [2.05, 4.69) is 32.0 Å². The molecule has 4 nitrogen and oxygen atoms in total. The number of hydrogen-bond acceptors (Lipinski definition) is 4. The molecular weight excluding hydrogens is 306 g/mol. The number of halogens is 1. The van der Waals surface area contributed by atoms with E-state index in [-0.39, 0.29) is 0 Å². The van der Waals surface area contributed by atoms with Gasteiger partial charge in [0, 0.05) is 31.5 Å². The van der Waals surface area contributed by atoms with Crippen LogP contribution in [-0.4, -0.2) is 23.6 Å². The van der Waals surface area contributed by atoms with Gasteiger partial charge in [-0.25, -0.2) is 9.97 Å². The highest BCUT2D eigenvalue weighted by atomic mass is 79.9. The lowest BCUT2D eigenvalue weighted by atomic mass is 10.2. The van der Waals surface area contributed by atoms with Crippen LogP contribution in [0, 0.1) is 0 Å². The Kier molecular flexibility index (Phi) is 4.74. The summed E-state index contributed by atoms with van der Waals surface area (Å²) in [6.45, 7) is 3.35. The monoisotopic (exact) mass is 321 g/mol. The lowest BCUT2D eigenvalue weighted by molar-refractivity contribution is 0.336. The predicted molar refractivity (Wildman–Crippen MR) is 79.5 cm³/mol. The second-order valence-corrected chi connectivity index (χ2v) is 5.01. The van der Waals surface area contributed by atoms with Crippen molar-refractivity contribution in [3.8, 4) is 5.75 Å². The minimum absolute atomic E-state index is 0.662. The van der Waals surface area contributed by atoms with E-state index in [1.165, 1.54) is 0 Å². The maximum absolute atomic E-state index is 5.62. The zero-order valence-electron chi connectivity index (χ0n) is 11.0. The first-order chi connectivity index (χ1) is 9.20. The number of nitrogens with zero attached hydrogens (tertiary/aromatic N) is 3. The smallest absolute Gasteiger partial charge is 0.225 e. The maximum atomic E-state index is 5.62. The Balaban J connectivity index is 2.14. The second-order valence-electron chi connectivity index (χ2n) is 4.10. The Morgan fingerprint density at radius 3 is 2.58 bits per heavy atom. The van der Waals surface area contributed by atoms with Crippen LogP contribution in [0.25, 0.3) is 0 Å². The van der Waals surface area contributed by atoms with E-state index in [9.17, 15) is 0 Å². The molecule has 0 aliphatic carbocycles. The van der Waals surface area contributed by atoms with Crippen LogP contribution in [0.15, 0.2) is 41.1 Å². The van der Waals surface area contributed by atoms with Crippen molar-refractivity contribution in [1.29, 1.82) is 0 Å². The second kappa shape index (κ2) is 6.52. The molecule has 0 aliphatic heterocycles. The quantitative estimate of drug-likeness (QED) is 0.847. The van der Waals surface area contributed by atoms with Crippen molar-refractivity contribution in [3.05, 3.63) is 46.7 Å². The molecule has 0 radical (unpaired) electrons. The SMILES string of the molecule is CCOc1ccccc1CN(C)c1ncc(Br)cn1. The van der Waals surface area contributed by atoms with Gasteiger partial charge >= 0.3 is 0 Å². The van der Waals surface area contributed by atoms with Crippen LogP contribution in [0.5, 0.6) is 5.75 Å². The molecule has 100 valence electrons. The van der Waals surface area contributed by atoms with Crippen molar-refractivity contribution in [3.63, 3.8) is 0 Å². The predicted octanol–water partition coefficient (Wildman–Crippen LogP) is 3.27. The lowest BCUT2D eigenvalue weighted by Crippen LogP contribution is -2.19. The van der Waals surface area contributed by atoms with Crippen molar-refractivity contribution >= 4 is 21.9 Å². The van der Waals surface area contributed by atoms with Crippen LogP contribution in [0.2, 0.25) is 0 Å². The zero-order chi connectivity index (χ0) is 13.7. The number of anilines is 1. The molecule has 0 saturated carbocycles. The van der Waals surface area contributed by atoms with Crippen molar-refractivity contribution in [2.75, 3.05) is 18.6 Å². The Labute approximate surface area is 121 Å². The first kappa shape index (κ1) is 13.8. The molecule has 1 aromatic heterocycles. The van der Waals surface area contributed by atoms with Gasteiger partial charge in [0.05, 0.1) is 11.1 Å². The fourth-order valence-electron chi connectivity index (χ4n) is 1.76.